The van der Waals surface area contributed by atoms with Gasteiger partial charge in [-0.1, -0.05) is 12.1 Å². The van der Waals surface area contributed by atoms with Gasteiger partial charge in [0.1, 0.15) is 12.4 Å². The first-order chi connectivity index (χ1) is 8.18. The fourth-order valence-corrected chi connectivity index (χ4v) is 2.05. The van der Waals surface area contributed by atoms with Crippen molar-refractivity contribution >= 4 is 0 Å². The summed E-state index contributed by atoms with van der Waals surface area (Å²) in [7, 11) is 0. The lowest BCUT2D eigenvalue weighted by molar-refractivity contribution is 0.0497. The third kappa shape index (κ3) is 2.99. The van der Waals surface area contributed by atoms with Gasteiger partial charge in [-0.15, -0.1) is 0 Å². The van der Waals surface area contributed by atoms with E-state index in [-0.39, 0.29) is 5.92 Å². The highest BCUT2D eigenvalue weighted by molar-refractivity contribution is 5.38. The van der Waals surface area contributed by atoms with Crippen LogP contribution in [-0.2, 0) is 4.74 Å². The summed E-state index contributed by atoms with van der Waals surface area (Å²) in [6, 6.07) is 5.98. The van der Waals surface area contributed by atoms with Crippen molar-refractivity contribution in [1.82, 2.24) is 0 Å². The topological polar surface area (TPSA) is 38.7 Å². The Hall–Kier alpha value is -1.06. The molecule has 0 amide bonds. The van der Waals surface area contributed by atoms with Crippen molar-refractivity contribution in [2.75, 3.05) is 19.8 Å². The van der Waals surface area contributed by atoms with Gasteiger partial charge in [0, 0.05) is 12.5 Å². The minimum absolute atomic E-state index is 0.222. The van der Waals surface area contributed by atoms with Crippen molar-refractivity contribution in [2.45, 2.75) is 26.4 Å². The van der Waals surface area contributed by atoms with Gasteiger partial charge in [-0.25, -0.2) is 0 Å². The van der Waals surface area contributed by atoms with Crippen LogP contribution in [0, 0.1) is 19.8 Å². The predicted molar refractivity (Wildman–Crippen MR) is 66.3 cm³/mol. The van der Waals surface area contributed by atoms with E-state index in [9.17, 15) is 5.11 Å². The Morgan fingerprint density at radius 3 is 3.00 bits per heavy atom. The first-order valence-electron chi connectivity index (χ1n) is 6.13. The highest BCUT2D eigenvalue weighted by atomic mass is 16.5. The molecule has 1 aliphatic heterocycles. The zero-order valence-corrected chi connectivity index (χ0v) is 10.5. The Bertz CT molecular complexity index is 370. The van der Waals surface area contributed by atoms with Crippen molar-refractivity contribution in [2.24, 2.45) is 5.92 Å². The summed E-state index contributed by atoms with van der Waals surface area (Å²) in [5.74, 6) is 1.09. The number of rotatable bonds is 4. The molecule has 1 N–H and O–H groups in total. The third-order valence-corrected chi connectivity index (χ3v) is 3.47. The second kappa shape index (κ2) is 5.52. The minimum Gasteiger partial charge on any atom is -0.491 e. The summed E-state index contributed by atoms with van der Waals surface area (Å²) in [6.45, 7) is 5.85. The van der Waals surface area contributed by atoms with E-state index >= 15 is 0 Å². The largest absolute Gasteiger partial charge is 0.491 e. The molecule has 0 aromatic heterocycles. The molecular weight excluding hydrogens is 216 g/mol. The van der Waals surface area contributed by atoms with Crippen LogP contribution < -0.4 is 4.74 Å². The van der Waals surface area contributed by atoms with Crippen LogP contribution in [-0.4, -0.2) is 31.0 Å². The molecule has 1 aliphatic rings. The molecule has 1 fully saturated rings. The van der Waals surface area contributed by atoms with Crippen LogP contribution in [0.5, 0.6) is 5.75 Å². The number of hydrogen-bond donors (Lipinski definition) is 1. The number of aryl methyl sites for hydroxylation is 1. The van der Waals surface area contributed by atoms with E-state index in [2.05, 4.69) is 13.0 Å². The maximum atomic E-state index is 9.97. The fourth-order valence-electron chi connectivity index (χ4n) is 2.05. The number of hydrogen-bond acceptors (Lipinski definition) is 3. The van der Waals surface area contributed by atoms with E-state index in [1.807, 2.05) is 19.1 Å². The predicted octanol–water partition coefficient (Wildman–Crippen LogP) is 2.08. The summed E-state index contributed by atoms with van der Waals surface area (Å²) in [5, 5.41) is 9.97. The summed E-state index contributed by atoms with van der Waals surface area (Å²) in [5.41, 5.74) is 2.35. The normalized spacial score (nSPS) is 21.5. The average molecular weight is 236 g/mol. The second-order valence-corrected chi connectivity index (χ2v) is 4.70. The first-order valence-corrected chi connectivity index (χ1v) is 6.13. The molecule has 1 aromatic carbocycles. The van der Waals surface area contributed by atoms with Crippen LogP contribution in [0.15, 0.2) is 18.2 Å². The first kappa shape index (κ1) is 12.4. The van der Waals surface area contributed by atoms with Crippen molar-refractivity contribution in [3.05, 3.63) is 29.3 Å². The van der Waals surface area contributed by atoms with Crippen LogP contribution >= 0.6 is 0 Å². The highest BCUT2D eigenvalue weighted by Crippen LogP contribution is 2.22. The van der Waals surface area contributed by atoms with Gasteiger partial charge in [0.2, 0.25) is 0 Å². The van der Waals surface area contributed by atoms with Gasteiger partial charge in [0.25, 0.3) is 0 Å². The SMILES string of the molecule is Cc1cccc(OCC(O)C2CCOC2)c1C. The number of aliphatic hydroxyl groups is 1. The molecule has 2 rings (SSSR count). The maximum absolute atomic E-state index is 9.97. The highest BCUT2D eigenvalue weighted by Gasteiger charge is 2.24. The van der Waals surface area contributed by atoms with Crippen LogP contribution in [0.25, 0.3) is 0 Å². The summed E-state index contributed by atoms with van der Waals surface area (Å²) in [4.78, 5) is 0. The summed E-state index contributed by atoms with van der Waals surface area (Å²) >= 11 is 0. The standard InChI is InChI=1S/C14H20O3/c1-10-4-3-5-14(11(10)2)17-9-13(15)12-6-7-16-8-12/h3-5,12-13,15H,6-9H2,1-2H3. The van der Waals surface area contributed by atoms with Gasteiger partial charge in [0.15, 0.2) is 0 Å². The molecule has 1 aromatic rings. The van der Waals surface area contributed by atoms with Crippen molar-refractivity contribution in [1.29, 1.82) is 0 Å². The van der Waals surface area contributed by atoms with Crippen molar-refractivity contribution in [3.63, 3.8) is 0 Å². The molecule has 1 saturated heterocycles. The van der Waals surface area contributed by atoms with Crippen LogP contribution in [0.1, 0.15) is 17.5 Å². The smallest absolute Gasteiger partial charge is 0.122 e. The zero-order chi connectivity index (χ0) is 12.3. The molecule has 2 atom stereocenters. The Labute approximate surface area is 102 Å². The lowest BCUT2D eigenvalue weighted by Crippen LogP contribution is -2.27. The van der Waals surface area contributed by atoms with Gasteiger partial charge in [0.05, 0.1) is 12.7 Å². The van der Waals surface area contributed by atoms with E-state index in [1.165, 1.54) is 5.56 Å². The van der Waals surface area contributed by atoms with E-state index in [1.54, 1.807) is 0 Å². The maximum Gasteiger partial charge on any atom is 0.122 e. The molecule has 2 unspecified atom stereocenters. The molecule has 0 spiro atoms. The van der Waals surface area contributed by atoms with Gasteiger partial charge < -0.3 is 14.6 Å². The molecule has 3 nitrogen and oxygen atoms in total. The molecule has 3 heteroatoms. The fraction of sp³-hybridized carbons (Fsp3) is 0.571. The number of benzene rings is 1. The second-order valence-electron chi connectivity index (χ2n) is 4.70. The quantitative estimate of drug-likeness (QED) is 0.870. The molecule has 0 aliphatic carbocycles. The van der Waals surface area contributed by atoms with Crippen LogP contribution in [0.4, 0.5) is 0 Å². The molecule has 17 heavy (non-hydrogen) atoms. The minimum atomic E-state index is -0.433. The summed E-state index contributed by atoms with van der Waals surface area (Å²) < 4.78 is 10.9. The third-order valence-electron chi connectivity index (χ3n) is 3.47. The molecular formula is C14H20O3. The number of ether oxygens (including phenoxy) is 2. The summed E-state index contributed by atoms with van der Waals surface area (Å²) in [6.07, 6.45) is 0.495. The van der Waals surface area contributed by atoms with E-state index in [0.29, 0.717) is 13.2 Å². The van der Waals surface area contributed by atoms with E-state index in [4.69, 9.17) is 9.47 Å². The lowest BCUT2D eigenvalue weighted by atomic mass is 10.0. The Morgan fingerprint density at radius 1 is 1.47 bits per heavy atom. The van der Waals surface area contributed by atoms with Crippen LogP contribution in [0.2, 0.25) is 0 Å². The monoisotopic (exact) mass is 236 g/mol. The van der Waals surface area contributed by atoms with Gasteiger partial charge in [-0.3, -0.25) is 0 Å². The molecule has 94 valence electrons. The zero-order valence-electron chi connectivity index (χ0n) is 10.5. The van der Waals surface area contributed by atoms with Gasteiger partial charge >= 0.3 is 0 Å². The molecule has 0 radical (unpaired) electrons. The van der Waals surface area contributed by atoms with E-state index < -0.39 is 6.10 Å². The van der Waals surface area contributed by atoms with E-state index in [0.717, 1.165) is 24.3 Å². The van der Waals surface area contributed by atoms with Crippen molar-refractivity contribution < 1.29 is 14.6 Å². The lowest BCUT2D eigenvalue weighted by Gasteiger charge is -2.18. The van der Waals surface area contributed by atoms with Gasteiger partial charge in [-0.2, -0.15) is 0 Å². The van der Waals surface area contributed by atoms with Gasteiger partial charge in [-0.05, 0) is 37.5 Å². The average Bonchev–Trinajstić information content (AvgIpc) is 2.84. The van der Waals surface area contributed by atoms with Crippen molar-refractivity contribution in [3.8, 4) is 5.75 Å². The molecule has 1 heterocycles. The Balaban J connectivity index is 1.90. The molecule has 0 bridgehead atoms. The number of aliphatic hydroxyl groups excluding tert-OH is 1. The molecule has 0 saturated carbocycles. The van der Waals surface area contributed by atoms with Crippen LogP contribution in [0.3, 0.4) is 0 Å². The Morgan fingerprint density at radius 2 is 2.29 bits per heavy atom. The Kier molecular flexibility index (Phi) is 4.02.